The number of nitrogens with one attached hydrogen (secondary N) is 1. The van der Waals surface area contributed by atoms with Crippen LogP contribution < -0.4 is 11.1 Å². The summed E-state index contributed by atoms with van der Waals surface area (Å²) in [6, 6.07) is -1.03. The monoisotopic (exact) mass is 507 g/mol. The molecule has 5 N–H and O–H groups in total. The molecule has 16 heteroatoms. The van der Waals surface area contributed by atoms with Gasteiger partial charge < -0.3 is 26.1 Å². The second-order valence-electron chi connectivity index (χ2n) is 5.92. The van der Waals surface area contributed by atoms with E-state index >= 15 is 0 Å². The minimum atomic E-state index is -1.33. The van der Waals surface area contributed by atoms with Crippen LogP contribution in [0.4, 0.5) is 5.13 Å². The van der Waals surface area contributed by atoms with E-state index in [2.05, 4.69) is 20.3 Å². The first kappa shape index (κ1) is 23.2. The Morgan fingerprint density at radius 3 is 2.71 bits per heavy atom. The van der Waals surface area contributed by atoms with Crippen molar-refractivity contribution in [2.45, 2.75) is 11.4 Å². The first-order chi connectivity index (χ1) is 14.6. The molecule has 1 saturated heterocycles. The number of nitrogens with two attached hydrogens (primary N) is 1. The summed E-state index contributed by atoms with van der Waals surface area (Å²) in [6.45, 7) is -0.827. The number of carboxylic acid groups (broad SMARTS) is 2. The van der Waals surface area contributed by atoms with Crippen molar-refractivity contribution in [3.63, 3.8) is 0 Å². The van der Waals surface area contributed by atoms with Crippen LogP contribution in [0, 0.1) is 0 Å². The molecule has 2 aliphatic heterocycles. The standard InChI is InChI=1S/C15H14ClN5O7S3/c1-29-4-3-30-13-8(12(25)21(13)9(4)14(26)27)18-11(24)7(20-28-2-5(22)23)6-10(16)31-15(17)19-6/h8,13H,2-3H2,1H3,(H2,17,19)(H,18,24)(H,22,23)(H,26,27)/t8?,13-/m0/s1. The molecule has 0 aliphatic carbocycles. The minimum absolute atomic E-state index is 0.0136. The molecule has 12 nitrogen and oxygen atoms in total. The molecule has 2 aliphatic rings. The average Bonchev–Trinajstić information content (AvgIpc) is 3.05. The number of thiazole rings is 1. The maximum Gasteiger partial charge on any atom is 0.353 e. The lowest BCUT2D eigenvalue weighted by atomic mass is 10.0. The van der Waals surface area contributed by atoms with Crippen LogP contribution in [0.2, 0.25) is 4.34 Å². The fraction of sp³-hybridized carbons (Fsp3) is 0.333. The van der Waals surface area contributed by atoms with Gasteiger partial charge in [-0.2, -0.15) is 0 Å². The second kappa shape index (κ2) is 9.33. The Morgan fingerprint density at radius 1 is 1.45 bits per heavy atom. The number of oxime groups is 1. The maximum atomic E-state index is 12.8. The number of thioether (sulfide) groups is 2. The molecule has 31 heavy (non-hydrogen) atoms. The molecule has 0 saturated carbocycles. The Hall–Kier alpha value is -2.49. The van der Waals surface area contributed by atoms with Crippen LogP contribution in [0.15, 0.2) is 15.8 Å². The normalized spacial score (nSPS) is 20.8. The number of carbonyl (C=O) groups excluding carboxylic acids is 2. The predicted molar refractivity (Wildman–Crippen MR) is 115 cm³/mol. The second-order valence-corrected chi connectivity index (χ2v) is 9.56. The lowest BCUT2D eigenvalue weighted by Crippen LogP contribution is -2.71. The Bertz CT molecular complexity index is 1030. The van der Waals surface area contributed by atoms with Gasteiger partial charge >= 0.3 is 11.9 Å². The van der Waals surface area contributed by atoms with Crippen molar-refractivity contribution in [3.05, 3.63) is 20.6 Å². The van der Waals surface area contributed by atoms with E-state index in [-0.39, 0.29) is 20.9 Å². The number of β-lactam (4-membered cyclic amide) rings is 1. The molecular formula is C15H14ClN5O7S3. The van der Waals surface area contributed by atoms with E-state index in [1.807, 2.05) is 0 Å². The van der Waals surface area contributed by atoms with Crippen LogP contribution in [0.3, 0.4) is 0 Å². The van der Waals surface area contributed by atoms with E-state index in [0.29, 0.717) is 10.7 Å². The molecule has 0 spiro atoms. The Morgan fingerprint density at radius 2 is 2.16 bits per heavy atom. The number of hydrogen-bond acceptors (Lipinski definition) is 11. The lowest BCUT2D eigenvalue weighted by molar-refractivity contribution is -0.150. The first-order valence-electron chi connectivity index (χ1n) is 8.25. The van der Waals surface area contributed by atoms with Crippen molar-refractivity contribution in [1.29, 1.82) is 0 Å². The van der Waals surface area contributed by atoms with Crippen LogP contribution in [-0.2, 0) is 24.0 Å². The number of aromatic nitrogens is 1. The molecule has 1 aromatic rings. The fourth-order valence-corrected chi connectivity index (χ4v) is 5.94. The zero-order valence-corrected chi connectivity index (χ0v) is 18.7. The molecule has 1 aromatic heterocycles. The van der Waals surface area contributed by atoms with Crippen LogP contribution in [0.25, 0.3) is 0 Å². The fourth-order valence-electron chi connectivity index (χ4n) is 2.76. The number of fused-ring (bicyclic) bond motifs is 1. The smallest absolute Gasteiger partial charge is 0.353 e. The predicted octanol–water partition coefficient (Wildman–Crippen LogP) is 0.243. The lowest BCUT2D eigenvalue weighted by Gasteiger charge is -2.49. The van der Waals surface area contributed by atoms with E-state index < -0.39 is 47.5 Å². The van der Waals surface area contributed by atoms with Gasteiger partial charge in [0.2, 0.25) is 6.61 Å². The Labute approximate surface area is 191 Å². The summed E-state index contributed by atoms with van der Waals surface area (Å²) < 4.78 is 0.0136. The number of rotatable bonds is 8. The number of anilines is 1. The van der Waals surface area contributed by atoms with Gasteiger partial charge in [0.15, 0.2) is 10.8 Å². The van der Waals surface area contributed by atoms with Gasteiger partial charge in [-0.15, -0.1) is 23.5 Å². The third-order valence-corrected chi connectivity index (χ3v) is 7.43. The van der Waals surface area contributed by atoms with E-state index in [9.17, 15) is 24.3 Å². The van der Waals surface area contributed by atoms with Gasteiger partial charge in [-0.1, -0.05) is 28.1 Å². The van der Waals surface area contributed by atoms with Crippen LogP contribution in [-0.4, -0.2) is 79.6 Å². The largest absolute Gasteiger partial charge is 0.479 e. The van der Waals surface area contributed by atoms with Gasteiger partial charge in [-0.05, 0) is 6.26 Å². The zero-order chi connectivity index (χ0) is 22.9. The number of nitrogens with zero attached hydrogens (tertiary/aromatic N) is 3. The molecule has 2 amide bonds. The summed E-state index contributed by atoms with van der Waals surface area (Å²) in [6.07, 6.45) is 1.71. The Kier molecular flexibility index (Phi) is 6.98. The molecule has 166 valence electrons. The van der Waals surface area contributed by atoms with Gasteiger partial charge in [-0.25, -0.2) is 14.6 Å². The number of aliphatic carboxylic acids is 2. The van der Waals surface area contributed by atoms with Crippen molar-refractivity contribution in [2.24, 2.45) is 5.16 Å². The molecule has 2 atom stereocenters. The van der Waals surface area contributed by atoms with Gasteiger partial charge in [0, 0.05) is 10.7 Å². The van der Waals surface area contributed by atoms with Crippen molar-refractivity contribution in [2.75, 3.05) is 24.3 Å². The topological polar surface area (TPSA) is 185 Å². The van der Waals surface area contributed by atoms with Gasteiger partial charge in [0.25, 0.3) is 11.8 Å². The summed E-state index contributed by atoms with van der Waals surface area (Å²) in [7, 11) is 0. The number of halogens is 1. The van der Waals surface area contributed by atoms with Gasteiger partial charge in [0.05, 0.1) is 0 Å². The maximum absolute atomic E-state index is 12.8. The third kappa shape index (κ3) is 4.58. The highest BCUT2D eigenvalue weighted by molar-refractivity contribution is 8.05. The molecule has 1 fully saturated rings. The highest BCUT2D eigenvalue weighted by Gasteiger charge is 2.54. The third-order valence-electron chi connectivity index (χ3n) is 4.05. The van der Waals surface area contributed by atoms with Crippen LogP contribution in [0.5, 0.6) is 0 Å². The van der Waals surface area contributed by atoms with Crippen LogP contribution >= 0.6 is 46.5 Å². The molecule has 0 bridgehead atoms. The molecule has 1 unspecified atom stereocenters. The highest BCUT2D eigenvalue weighted by Crippen LogP contribution is 2.42. The summed E-state index contributed by atoms with van der Waals surface area (Å²) in [4.78, 5) is 57.9. The van der Waals surface area contributed by atoms with E-state index in [1.165, 1.54) is 23.5 Å². The zero-order valence-electron chi connectivity index (χ0n) is 15.5. The van der Waals surface area contributed by atoms with Crippen LogP contribution in [0.1, 0.15) is 5.69 Å². The summed E-state index contributed by atoms with van der Waals surface area (Å²) in [5.74, 6) is -3.71. The molecule has 3 heterocycles. The summed E-state index contributed by atoms with van der Waals surface area (Å²) in [5, 5.41) is 23.6. The minimum Gasteiger partial charge on any atom is -0.479 e. The summed E-state index contributed by atoms with van der Waals surface area (Å²) in [5.41, 5.74) is 4.87. The quantitative estimate of drug-likeness (QED) is 0.214. The molecule has 3 rings (SSSR count). The van der Waals surface area contributed by atoms with Crippen molar-refractivity contribution >= 4 is 81.1 Å². The van der Waals surface area contributed by atoms with Gasteiger partial charge in [-0.3, -0.25) is 14.5 Å². The summed E-state index contributed by atoms with van der Waals surface area (Å²) >= 11 is 9.42. The van der Waals surface area contributed by atoms with E-state index in [0.717, 1.165) is 16.2 Å². The Balaban J connectivity index is 1.82. The average molecular weight is 508 g/mol. The number of carboxylic acids is 2. The number of nitrogen functional groups attached to an aromatic ring is 1. The van der Waals surface area contributed by atoms with Crippen molar-refractivity contribution < 1.29 is 34.2 Å². The molecular weight excluding hydrogens is 494 g/mol. The van der Waals surface area contributed by atoms with Gasteiger partial charge in [0.1, 0.15) is 27.1 Å². The van der Waals surface area contributed by atoms with Crippen molar-refractivity contribution in [1.82, 2.24) is 15.2 Å². The molecule has 0 aromatic carbocycles. The van der Waals surface area contributed by atoms with Crippen molar-refractivity contribution in [3.8, 4) is 0 Å². The number of hydrogen-bond donors (Lipinski definition) is 4. The number of amides is 2. The van der Waals surface area contributed by atoms with E-state index in [1.54, 1.807) is 6.26 Å². The SMILES string of the molecule is CSC1=C(C(=O)O)N2C(=O)C(NC(=O)C(=NOCC(=O)O)c3nc(N)sc3Cl)[C@@H]2SC1. The van der Waals surface area contributed by atoms with E-state index in [4.69, 9.17) is 22.4 Å². The molecule has 0 radical (unpaired) electrons. The highest BCUT2D eigenvalue weighted by atomic mass is 35.5. The number of carbonyl (C=O) groups is 4. The first-order valence-corrected chi connectivity index (χ1v) is 11.7.